The van der Waals surface area contributed by atoms with Crippen LogP contribution in [-0.4, -0.2) is 114 Å². The molecule has 3 fully saturated rings. The van der Waals surface area contributed by atoms with Gasteiger partial charge in [-0.25, -0.2) is 18.2 Å². The summed E-state index contributed by atoms with van der Waals surface area (Å²) >= 11 is 0. The van der Waals surface area contributed by atoms with Crippen LogP contribution in [0.5, 0.6) is 11.6 Å². The fraction of sp³-hybridized carbons (Fsp3) is 0.634. The van der Waals surface area contributed by atoms with Gasteiger partial charge in [-0.3, -0.25) is 24.0 Å². The van der Waals surface area contributed by atoms with Crippen molar-refractivity contribution in [3.63, 3.8) is 0 Å². The van der Waals surface area contributed by atoms with Gasteiger partial charge in [-0.15, -0.1) is 0 Å². The van der Waals surface area contributed by atoms with Gasteiger partial charge in [0.05, 0.1) is 24.6 Å². The highest BCUT2D eigenvalue weighted by Crippen LogP contribution is 2.48. The monoisotopic (exact) mass is 810 g/mol. The third kappa shape index (κ3) is 8.24. The maximum Gasteiger partial charge on any atom is 0.408 e. The Hall–Kier alpha value is -4.60. The second-order valence-corrected chi connectivity index (χ2v) is 20.2. The predicted octanol–water partition coefficient (Wildman–Crippen LogP) is 4.69. The molecule has 1 saturated heterocycles. The Morgan fingerprint density at radius 2 is 1.81 bits per heavy atom. The van der Waals surface area contributed by atoms with E-state index in [4.69, 9.17) is 9.47 Å². The average molecular weight is 811 g/mol. The Labute approximate surface area is 335 Å². The van der Waals surface area contributed by atoms with Crippen LogP contribution in [0.3, 0.4) is 0 Å². The Kier molecular flexibility index (Phi) is 11.3. The number of carbonyl (C=O) groups excluding carboxylic acids is 3. The van der Waals surface area contributed by atoms with Crippen molar-refractivity contribution in [2.45, 2.75) is 121 Å². The molecule has 312 valence electrons. The molecule has 0 bridgehead atoms. The van der Waals surface area contributed by atoms with E-state index < -0.39 is 79.7 Å². The lowest BCUT2D eigenvalue weighted by Crippen LogP contribution is -2.62. The topological polar surface area (TPSA) is 188 Å². The standard InChI is InChI=1S/C41H58N6O9S/c1-24-12-10-11-13-26-21-41(26,37(50)44-57(53,54)40(6)16-17-40)43-34(48)31-20-28(23-46(31)36(49)33(25(2)18-24)47(38(51)52)39(3,4)5)56-35-29-15-14-27(45(7)8)19-30(29)32(55-9)22-42-35/h11,13-15,19,22,24-26,28,31,33H,10,12,16-18,20-21,23H2,1-9H3,(H,43,48)(H,44,50)(H,51,52)/b13-11-/t24-,25+,26+,28+,31-,33-,41+/m0/s1. The van der Waals surface area contributed by atoms with Gasteiger partial charge in [0.2, 0.25) is 27.7 Å². The van der Waals surface area contributed by atoms with Crippen molar-refractivity contribution in [1.82, 2.24) is 24.8 Å². The summed E-state index contributed by atoms with van der Waals surface area (Å²) < 4.78 is 39.9. The molecule has 2 aliphatic carbocycles. The molecule has 1 aromatic heterocycles. The van der Waals surface area contributed by atoms with E-state index in [-0.39, 0.29) is 31.2 Å². The van der Waals surface area contributed by atoms with Crippen LogP contribution in [0, 0.1) is 17.8 Å². The van der Waals surface area contributed by atoms with E-state index in [2.05, 4.69) is 21.9 Å². The number of sulfonamides is 1. The van der Waals surface area contributed by atoms with Gasteiger partial charge in [-0.1, -0.05) is 26.0 Å². The number of fused-ring (bicyclic) bond motifs is 3. The summed E-state index contributed by atoms with van der Waals surface area (Å²) in [6.07, 6.45) is 6.27. The Bertz CT molecular complexity index is 2060. The number of hydrogen-bond acceptors (Lipinski definition) is 10. The molecule has 4 amide bonds. The van der Waals surface area contributed by atoms with E-state index in [1.165, 1.54) is 9.80 Å². The molecular formula is C41H58N6O9S. The molecule has 2 aromatic rings. The van der Waals surface area contributed by atoms with E-state index in [0.717, 1.165) is 17.5 Å². The smallest absolute Gasteiger partial charge is 0.408 e. The zero-order valence-corrected chi connectivity index (χ0v) is 35.3. The molecule has 15 nitrogen and oxygen atoms in total. The predicted molar refractivity (Wildman–Crippen MR) is 216 cm³/mol. The van der Waals surface area contributed by atoms with E-state index in [1.54, 1.807) is 41.0 Å². The Balaban J connectivity index is 1.41. The molecule has 0 spiro atoms. The van der Waals surface area contributed by atoms with Crippen LogP contribution >= 0.6 is 0 Å². The second-order valence-electron chi connectivity index (χ2n) is 18.0. The summed E-state index contributed by atoms with van der Waals surface area (Å²) in [6, 6.07) is 3.40. The third-order valence-electron chi connectivity index (χ3n) is 12.2. The highest BCUT2D eigenvalue weighted by molar-refractivity contribution is 7.91. The Morgan fingerprint density at radius 1 is 1.11 bits per heavy atom. The van der Waals surface area contributed by atoms with Crippen molar-refractivity contribution in [2.75, 3.05) is 32.6 Å². The first-order valence-electron chi connectivity index (χ1n) is 19.8. The first-order chi connectivity index (χ1) is 26.6. The zero-order chi connectivity index (χ0) is 41.8. The number of carbonyl (C=O) groups is 4. The van der Waals surface area contributed by atoms with E-state index in [9.17, 15) is 27.9 Å². The van der Waals surface area contributed by atoms with Crippen molar-refractivity contribution < 1.29 is 42.2 Å². The molecular weight excluding hydrogens is 753 g/mol. The summed E-state index contributed by atoms with van der Waals surface area (Å²) in [5, 5.41) is 14.9. The SMILES string of the molecule is COc1cnc(O[C@@H]2C[C@H]3C(=O)N[C@]4(C(=O)NS(=O)(=O)C5(C)CC5)C[C@H]4/C=C\CC[C@H](C)C[C@@H](C)[C@H](N(C(=O)O)C(C)(C)C)C(=O)N3C2)c2ccc(N(C)C)cc12. The number of nitrogens with zero attached hydrogens (tertiary/aromatic N) is 4. The number of methoxy groups -OCH3 is 1. The average Bonchev–Trinajstić information content (AvgIpc) is 4.01. The number of benzene rings is 1. The first kappa shape index (κ1) is 42.0. The minimum atomic E-state index is -4.02. The van der Waals surface area contributed by atoms with Crippen LogP contribution in [0.1, 0.15) is 86.5 Å². The third-order valence-corrected chi connectivity index (χ3v) is 14.4. The van der Waals surface area contributed by atoms with Gasteiger partial charge < -0.3 is 29.7 Å². The van der Waals surface area contributed by atoms with Crippen LogP contribution in [0.15, 0.2) is 36.5 Å². The maximum absolute atomic E-state index is 15.1. The molecule has 57 heavy (non-hydrogen) atoms. The molecule has 6 rings (SSSR count). The minimum absolute atomic E-state index is 0.00275. The molecule has 1 aromatic carbocycles. The molecule has 7 atom stereocenters. The number of pyridine rings is 1. The number of aromatic nitrogens is 1. The molecule has 0 unspecified atom stereocenters. The highest BCUT2D eigenvalue weighted by atomic mass is 32.2. The lowest BCUT2D eigenvalue weighted by molar-refractivity contribution is -0.146. The number of allylic oxidation sites excluding steroid dienone is 1. The summed E-state index contributed by atoms with van der Waals surface area (Å²) in [5.74, 6) is -2.04. The normalized spacial score (nSPS) is 29.5. The molecule has 3 N–H and O–H groups in total. The van der Waals surface area contributed by atoms with E-state index >= 15 is 4.79 Å². The van der Waals surface area contributed by atoms with Gasteiger partial charge >= 0.3 is 6.09 Å². The van der Waals surface area contributed by atoms with Gasteiger partial charge in [-0.05, 0) is 96.3 Å². The van der Waals surface area contributed by atoms with Crippen LogP contribution in [-0.2, 0) is 24.4 Å². The molecule has 0 radical (unpaired) electrons. The van der Waals surface area contributed by atoms with Crippen LogP contribution in [0.4, 0.5) is 10.5 Å². The van der Waals surface area contributed by atoms with E-state index in [1.807, 2.05) is 56.3 Å². The van der Waals surface area contributed by atoms with Gasteiger partial charge in [0, 0.05) is 48.4 Å². The summed E-state index contributed by atoms with van der Waals surface area (Å²) in [7, 11) is 1.38. The fourth-order valence-corrected chi connectivity index (χ4v) is 9.75. The number of anilines is 1. The molecule has 4 aliphatic rings. The van der Waals surface area contributed by atoms with Gasteiger partial charge in [0.25, 0.3) is 5.91 Å². The number of rotatable bonds is 8. The number of nitrogens with one attached hydrogen (secondary N) is 2. The molecule has 3 heterocycles. The first-order valence-corrected chi connectivity index (χ1v) is 21.3. The summed E-state index contributed by atoms with van der Waals surface area (Å²) in [6.45, 7) is 10.6. The van der Waals surface area contributed by atoms with Crippen molar-refractivity contribution in [3.8, 4) is 11.6 Å². The zero-order valence-electron chi connectivity index (χ0n) is 34.5. The molecule has 2 aliphatic heterocycles. The summed E-state index contributed by atoms with van der Waals surface area (Å²) in [5.41, 5.74) is -1.62. The maximum atomic E-state index is 15.1. The van der Waals surface area contributed by atoms with Crippen LogP contribution in [0.2, 0.25) is 0 Å². The van der Waals surface area contributed by atoms with E-state index in [0.29, 0.717) is 36.8 Å². The number of amides is 4. The van der Waals surface area contributed by atoms with Gasteiger partial charge in [0.15, 0.2) is 0 Å². The number of ether oxygens (including phenoxy) is 2. The largest absolute Gasteiger partial charge is 0.494 e. The lowest BCUT2D eigenvalue weighted by atomic mass is 9.85. The number of carboxylic acid groups (broad SMARTS) is 1. The molecule has 2 saturated carbocycles. The summed E-state index contributed by atoms with van der Waals surface area (Å²) in [4.78, 5) is 65.8. The van der Waals surface area contributed by atoms with Crippen molar-refractivity contribution >= 4 is 50.3 Å². The Morgan fingerprint density at radius 3 is 2.42 bits per heavy atom. The van der Waals surface area contributed by atoms with Crippen molar-refractivity contribution in [3.05, 3.63) is 36.5 Å². The van der Waals surface area contributed by atoms with Crippen molar-refractivity contribution in [1.29, 1.82) is 0 Å². The van der Waals surface area contributed by atoms with Gasteiger partial charge in [-0.2, -0.15) is 0 Å². The van der Waals surface area contributed by atoms with Crippen LogP contribution < -0.4 is 24.4 Å². The molecule has 16 heteroatoms. The lowest BCUT2D eigenvalue weighted by Gasteiger charge is -2.43. The minimum Gasteiger partial charge on any atom is -0.494 e. The highest BCUT2D eigenvalue weighted by Gasteiger charge is 2.63. The van der Waals surface area contributed by atoms with Gasteiger partial charge in [0.1, 0.15) is 29.5 Å². The quantitative estimate of drug-likeness (QED) is 0.314. The van der Waals surface area contributed by atoms with Crippen LogP contribution in [0.25, 0.3) is 10.8 Å². The number of hydrogen-bond donors (Lipinski definition) is 3. The fourth-order valence-electron chi connectivity index (χ4n) is 8.44. The second kappa shape index (κ2) is 15.3. The van der Waals surface area contributed by atoms with Crippen molar-refractivity contribution in [2.24, 2.45) is 17.8 Å².